The summed E-state index contributed by atoms with van der Waals surface area (Å²) in [6, 6.07) is 0. The van der Waals surface area contributed by atoms with E-state index in [9.17, 15) is 0 Å². The minimum atomic E-state index is 0.267. The normalized spacial score (nSPS) is 12.4. The minimum absolute atomic E-state index is 0.267. The average molecular weight is 195 g/mol. The molecule has 0 unspecified atom stereocenters. The van der Waals surface area contributed by atoms with Gasteiger partial charge < -0.3 is 0 Å². The van der Waals surface area contributed by atoms with Crippen molar-refractivity contribution in [2.24, 2.45) is 11.3 Å². The van der Waals surface area contributed by atoms with Gasteiger partial charge in [-0.05, 0) is 17.8 Å². The van der Waals surface area contributed by atoms with Gasteiger partial charge in [0.2, 0.25) is 0 Å². The van der Waals surface area contributed by atoms with Crippen molar-refractivity contribution in [2.45, 2.75) is 47.6 Å². The van der Waals surface area contributed by atoms with E-state index in [1.54, 1.807) is 0 Å². The molecule has 0 aliphatic carbocycles. The van der Waals surface area contributed by atoms with E-state index in [4.69, 9.17) is 0 Å². The van der Waals surface area contributed by atoms with E-state index in [-0.39, 0.29) is 5.41 Å². The highest BCUT2D eigenvalue weighted by molar-refractivity contribution is 4.93. The molecule has 0 aromatic carbocycles. The minimum Gasteiger partial charge on any atom is -0.252 e. The van der Waals surface area contributed by atoms with Crippen molar-refractivity contribution < 1.29 is 0 Å². The fraction of sp³-hybridized carbons (Fsp3) is 0.818. The Labute approximate surface area is 86.5 Å². The zero-order chi connectivity index (χ0) is 10.8. The second-order valence-corrected chi connectivity index (χ2v) is 5.57. The predicted molar refractivity (Wildman–Crippen MR) is 58.0 cm³/mol. The molecule has 0 saturated heterocycles. The zero-order valence-corrected chi connectivity index (χ0v) is 9.91. The van der Waals surface area contributed by atoms with Crippen molar-refractivity contribution >= 4 is 0 Å². The molecule has 1 heterocycles. The summed E-state index contributed by atoms with van der Waals surface area (Å²) in [6.07, 6.45) is 3.08. The largest absolute Gasteiger partial charge is 0.252 e. The topological polar surface area (TPSA) is 30.7 Å². The Morgan fingerprint density at radius 2 is 2.00 bits per heavy atom. The maximum atomic E-state index is 4.15. The average Bonchev–Trinajstić information content (AvgIpc) is 2.30. The van der Waals surface area contributed by atoms with Crippen molar-refractivity contribution in [3.8, 4) is 0 Å². The van der Waals surface area contributed by atoms with E-state index < -0.39 is 0 Å². The van der Waals surface area contributed by atoms with Gasteiger partial charge in [0.25, 0.3) is 0 Å². The van der Waals surface area contributed by atoms with Crippen molar-refractivity contribution in [2.75, 3.05) is 0 Å². The lowest BCUT2D eigenvalue weighted by Crippen LogP contribution is -2.15. The molecule has 1 aromatic rings. The molecule has 0 fully saturated rings. The Balaban J connectivity index is 2.60. The highest BCUT2D eigenvalue weighted by atomic mass is 15.4. The van der Waals surface area contributed by atoms with Gasteiger partial charge in [0.05, 0.1) is 5.69 Å². The molecule has 0 atom stereocenters. The maximum absolute atomic E-state index is 4.15. The summed E-state index contributed by atoms with van der Waals surface area (Å²) in [6.45, 7) is 11.9. The lowest BCUT2D eigenvalue weighted by atomic mass is 9.97. The molecular formula is C11H21N3. The van der Waals surface area contributed by atoms with Crippen LogP contribution in [-0.2, 0) is 13.0 Å². The van der Waals surface area contributed by atoms with E-state index in [1.165, 1.54) is 0 Å². The fourth-order valence-corrected chi connectivity index (χ4v) is 1.41. The van der Waals surface area contributed by atoms with Crippen LogP contribution in [0, 0.1) is 11.3 Å². The van der Waals surface area contributed by atoms with Crippen molar-refractivity contribution in [1.82, 2.24) is 15.0 Å². The SMILES string of the molecule is CC(C)Cc1cn(CC(C)(C)C)nn1. The van der Waals surface area contributed by atoms with Crippen LogP contribution in [0.15, 0.2) is 6.20 Å². The summed E-state index contributed by atoms with van der Waals surface area (Å²) in [5.74, 6) is 0.648. The van der Waals surface area contributed by atoms with E-state index in [2.05, 4.69) is 51.1 Å². The molecule has 0 radical (unpaired) electrons. The van der Waals surface area contributed by atoms with Gasteiger partial charge in [-0.15, -0.1) is 5.10 Å². The van der Waals surface area contributed by atoms with Crippen LogP contribution in [0.5, 0.6) is 0 Å². The highest BCUT2D eigenvalue weighted by Crippen LogP contribution is 2.15. The number of hydrogen-bond donors (Lipinski definition) is 0. The van der Waals surface area contributed by atoms with E-state index in [0.717, 1.165) is 18.7 Å². The van der Waals surface area contributed by atoms with Crippen LogP contribution in [-0.4, -0.2) is 15.0 Å². The van der Waals surface area contributed by atoms with E-state index >= 15 is 0 Å². The number of rotatable bonds is 3. The first-order valence-corrected chi connectivity index (χ1v) is 5.26. The Morgan fingerprint density at radius 3 is 2.50 bits per heavy atom. The molecule has 1 aromatic heterocycles. The lowest BCUT2D eigenvalue weighted by molar-refractivity contribution is 0.321. The standard InChI is InChI=1S/C11H21N3/c1-9(2)6-10-7-14(13-12-10)8-11(3,4)5/h7,9H,6,8H2,1-5H3. The van der Waals surface area contributed by atoms with E-state index in [0.29, 0.717) is 5.92 Å². The summed E-state index contributed by atoms with van der Waals surface area (Å²) in [7, 11) is 0. The smallest absolute Gasteiger partial charge is 0.0829 e. The summed E-state index contributed by atoms with van der Waals surface area (Å²) in [4.78, 5) is 0. The van der Waals surface area contributed by atoms with Gasteiger partial charge in [0, 0.05) is 12.7 Å². The fourth-order valence-electron chi connectivity index (χ4n) is 1.41. The molecular weight excluding hydrogens is 174 g/mol. The van der Waals surface area contributed by atoms with Crippen LogP contribution in [0.25, 0.3) is 0 Å². The van der Waals surface area contributed by atoms with Crippen molar-refractivity contribution in [3.05, 3.63) is 11.9 Å². The molecule has 0 bridgehead atoms. The summed E-state index contributed by atoms with van der Waals surface area (Å²) >= 11 is 0. The molecule has 0 saturated carbocycles. The van der Waals surface area contributed by atoms with Crippen LogP contribution in [0.4, 0.5) is 0 Å². The first kappa shape index (κ1) is 11.2. The van der Waals surface area contributed by atoms with Crippen molar-refractivity contribution in [1.29, 1.82) is 0 Å². The summed E-state index contributed by atoms with van der Waals surface area (Å²) < 4.78 is 1.94. The first-order chi connectivity index (χ1) is 6.37. The number of hydrogen-bond acceptors (Lipinski definition) is 2. The molecule has 80 valence electrons. The van der Waals surface area contributed by atoms with Crippen LogP contribution >= 0.6 is 0 Å². The summed E-state index contributed by atoms with van der Waals surface area (Å²) in [5.41, 5.74) is 1.37. The van der Waals surface area contributed by atoms with Gasteiger partial charge in [-0.1, -0.05) is 39.8 Å². The van der Waals surface area contributed by atoms with E-state index in [1.807, 2.05) is 4.68 Å². The number of nitrogens with zero attached hydrogens (tertiary/aromatic N) is 3. The van der Waals surface area contributed by atoms with Crippen LogP contribution in [0.2, 0.25) is 0 Å². The second-order valence-electron chi connectivity index (χ2n) is 5.57. The maximum Gasteiger partial charge on any atom is 0.0829 e. The van der Waals surface area contributed by atoms with Gasteiger partial charge in [-0.25, -0.2) is 0 Å². The van der Waals surface area contributed by atoms with Gasteiger partial charge in [0.1, 0.15) is 0 Å². The summed E-state index contributed by atoms with van der Waals surface area (Å²) in [5, 5.41) is 8.27. The molecule has 3 nitrogen and oxygen atoms in total. The van der Waals surface area contributed by atoms with Gasteiger partial charge >= 0.3 is 0 Å². The van der Waals surface area contributed by atoms with Gasteiger partial charge in [-0.3, -0.25) is 4.68 Å². The third-order valence-corrected chi connectivity index (χ3v) is 1.84. The molecule has 0 amide bonds. The molecule has 0 aliphatic rings. The van der Waals surface area contributed by atoms with Gasteiger partial charge in [0.15, 0.2) is 0 Å². The van der Waals surface area contributed by atoms with Gasteiger partial charge in [-0.2, -0.15) is 0 Å². The number of aromatic nitrogens is 3. The highest BCUT2D eigenvalue weighted by Gasteiger charge is 2.12. The molecule has 0 N–H and O–H groups in total. The second kappa shape index (κ2) is 4.11. The Kier molecular flexibility index (Phi) is 3.29. The molecule has 3 heteroatoms. The molecule has 1 rings (SSSR count). The zero-order valence-electron chi connectivity index (χ0n) is 9.91. The quantitative estimate of drug-likeness (QED) is 0.742. The molecule has 0 spiro atoms. The molecule has 0 aliphatic heterocycles. The Bertz CT molecular complexity index is 281. The molecule has 14 heavy (non-hydrogen) atoms. The van der Waals surface area contributed by atoms with Crippen LogP contribution in [0.3, 0.4) is 0 Å². The third kappa shape index (κ3) is 3.90. The third-order valence-electron chi connectivity index (χ3n) is 1.84. The predicted octanol–water partition coefficient (Wildman–Crippen LogP) is 2.52. The Hall–Kier alpha value is -0.860. The lowest BCUT2D eigenvalue weighted by Gasteiger charge is -2.16. The van der Waals surface area contributed by atoms with Crippen molar-refractivity contribution in [3.63, 3.8) is 0 Å². The van der Waals surface area contributed by atoms with Crippen LogP contribution in [0.1, 0.15) is 40.3 Å². The first-order valence-electron chi connectivity index (χ1n) is 5.26. The van der Waals surface area contributed by atoms with Crippen LogP contribution < -0.4 is 0 Å². The Morgan fingerprint density at radius 1 is 1.36 bits per heavy atom. The monoisotopic (exact) mass is 195 g/mol.